The van der Waals surface area contributed by atoms with E-state index in [0.29, 0.717) is 0 Å². The van der Waals surface area contributed by atoms with Crippen LogP contribution in [0.2, 0.25) is 0 Å². The smallest absolute Gasteiger partial charge is 0.0465 e. The molecule has 6 aromatic carbocycles. The van der Waals surface area contributed by atoms with Crippen LogP contribution in [0.3, 0.4) is 0 Å². The highest BCUT2D eigenvalue weighted by atomic mass is 15.1. The van der Waals surface area contributed by atoms with Gasteiger partial charge in [0, 0.05) is 27.9 Å². The maximum atomic E-state index is 2.56. The quantitative estimate of drug-likeness (QED) is 0.193. The molecule has 0 saturated heterocycles. The largest absolute Gasteiger partial charge is 0.310 e. The minimum atomic E-state index is -0.0467. The summed E-state index contributed by atoms with van der Waals surface area (Å²) in [6.45, 7) is 4.75. The summed E-state index contributed by atoms with van der Waals surface area (Å²) in [5, 5.41) is 0. The minimum Gasteiger partial charge on any atom is -0.310 e. The predicted molar refractivity (Wildman–Crippen MR) is 196 cm³/mol. The lowest BCUT2D eigenvalue weighted by molar-refractivity contribution is 0.327. The summed E-state index contributed by atoms with van der Waals surface area (Å²) in [5.41, 5.74) is 18.0. The van der Waals surface area contributed by atoms with Crippen LogP contribution in [0.15, 0.2) is 140 Å². The van der Waals surface area contributed by atoms with Gasteiger partial charge in [-0.25, -0.2) is 0 Å². The van der Waals surface area contributed by atoms with Crippen LogP contribution in [-0.4, -0.2) is 0 Å². The average molecular weight is 606 g/mol. The van der Waals surface area contributed by atoms with Gasteiger partial charge in [0.1, 0.15) is 0 Å². The zero-order valence-corrected chi connectivity index (χ0v) is 27.2. The first kappa shape index (κ1) is 27.3. The van der Waals surface area contributed by atoms with Crippen LogP contribution < -0.4 is 4.90 Å². The number of hydrogen-bond acceptors (Lipinski definition) is 1. The topological polar surface area (TPSA) is 3.24 Å². The van der Waals surface area contributed by atoms with Crippen molar-refractivity contribution in [2.24, 2.45) is 11.8 Å². The molecule has 2 bridgehead atoms. The number of benzene rings is 6. The molecule has 0 aliphatic heterocycles. The molecule has 0 N–H and O–H groups in total. The highest BCUT2D eigenvalue weighted by Gasteiger charge is 2.56. The molecular formula is C46H39N. The normalized spacial score (nSPS) is 22.2. The number of anilines is 3. The van der Waals surface area contributed by atoms with Crippen LogP contribution in [-0.2, 0) is 10.8 Å². The number of para-hydroxylation sites is 1. The summed E-state index contributed by atoms with van der Waals surface area (Å²) in [7, 11) is 0. The van der Waals surface area contributed by atoms with E-state index in [9.17, 15) is 0 Å². The summed E-state index contributed by atoms with van der Waals surface area (Å²) in [5.74, 6) is 1.61. The SMILES string of the molecule is CC1(C)c2ccccc2-c2cccc(-c3ccc(N(c4ccccc4)c4ccc5c(c4)C4(CC6CCC4C6)c4ccccc4-5)cc3)c21. The fraction of sp³-hybridized carbons (Fsp3) is 0.217. The third-order valence-electron chi connectivity index (χ3n) is 12.3. The van der Waals surface area contributed by atoms with Gasteiger partial charge < -0.3 is 4.90 Å². The van der Waals surface area contributed by atoms with E-state index >= 15 is 0 Å². The standard InChI is InChI=1S/C46H39N/c1-45(2)41-17-8-6-14-38(41)40-16-10-15-36(44(40)45)31-20-23-34(24-21-31)47(33-11-4-3-5-12-33)35-25-26-39-37-13-7-9-18-42(37)46(43(39)28-35)29-30-19-22-32(46)27-30/h3-18,20-21,23-26,28,30,32H,19,22,27,29H2,1-2H3. The van der Waals surface area contributed by atoms with Crippen molar-refractivity contribution in [3.8, 4) is 33.4 Å². The van der Waals surface area contributed by atoms with Gasteiger partial charge in [0.05, 0.1) is 0 Å². The van der Waals surface area contributed by atoms with Crippen LogP contribution in [0, 0.1) is 11.8 Å². The molecule has 0 amide bonds. The Morgan fingerprint density at radius 2 is 1.13 bits per heavy atom. The summed E-state index contributed by atoms with van der Waals surface area (Å²) in [4.78, 5) is 2.46. The molecule has 1 nitrogen and oxygen atoms in total. The van der Waals surface area contributed by atoms with E-state index in [-0.39, 0.29) is 10.8 Å². The number of nitrogens with zero attached hydrogens (tertiary/aromatic N) is 1. The third-order valence-corrected chi connectivity index (χ3v) is 12.3. The van der Waals surface area contributed by atoms with E-state index in [1.807, 2.05) is 0 Å². The Labute approximate surface area is 278 Å². The van der Waals surface area contributed by atoms with Gasteiger partial charge in [-0.1, -0.05) is 123 Å². The molecule has 10 rings (SSSR count). The van der Waals surface area contributed by atoms with E-state index in [1.54, 1.807) is 11.1 Å². The van der Waals surface area contributed by atoms with Gasteiger partial charge in [0.25, 0.3) is 0 Å². The molecule has 3 unspecified atom stereocenters. The summed E-state index contributed by atoms with van der Waals surface area (Å²) >= 11 is 0. The molecule has 47 heavy (non-hydrogen) atoms. The third kappa shape index (κ3) is 3.72. The fourth-order valence-electron chi connectivity index (χ4n) is 10.4. The van der Waals surface area contributed by atoms with Gasteiger partial charge in [-0.2, -0.15) is 0 Å². The van der Waals surface area contributed by atoms with E-state index in [4.69, 9.17) is 0 Å². The molecule has 0 radical (unpaired) electrons. The van der Waals surface area contributed by atoms with Gasteiger partial charge in [0.2, 0.25) is 0 Å². The lowest BCUT2D eigenvalue weighted by Crippen LogP contribution is -2.31. The molecule has 3 atom stereocenters. The fourth-order valence-corrected chi connectivity index (χ4v) is 10.4. The Kier molecular flexibility index (Phi) is 5.69. The van der Waals surface area contributed by atoms with Crippen molar-refractivity contribution in [1.29, 1.82) is 0 Å². The highest BCUT2D eigenvalue weighted by Crippen LogP contribution is 2.66. The molecule has 228 valence electrons. The van der Waals surface area contributed by atoms with Gasteiger partial charge in [-0.05, 0) is 123 Å². The number of hydrogen-bond donors (Lipinski definition) is 0. The minimum absolute atomic E-state index is 0.0467. The zero-order valence-electron chi connectivity index (χ0n) is 27.2. The molecule has 4 aliphatic carbocycles. The molecule has 6 aromatic rings. The van der Waals surface area contributed by atoms with Crippen molar-refractivity contribution >= 4 is 17.1 Å². The summed E-state index contributed by atoms with van der Waals surface area (Å²) in [6, 6.07) is 52.6. The van der Waals surface area contributed by atoms with Crippen molar-refractivity contribution < 1.29 is 0 Å². The number of rotatable bonds is 4. The first-order chi connectivity index (χ1) is 23.0. The second-order valence-corrected chi connectivity index (χ2v) is 14.9. The van der Waals surface area contributed by atoms with Crippen molar-refractivity contribution in [1.82, 2.24) is 0 Å². The second-order valence-electron chi connectivity index (χ2n) is 14.9. The lowest BCUT2D eigenvalue weighted by Gasteiger charge is -2.37. The van der Waals surface area contributed by atoms with Crippen LogP contribution in [0.25, 0.3) is 33.4 Å². The highest BCUT2D eigenvalue weighted by molar-refractivity contribution is 5.90. The molecule has 1 spiro atoms. The monoisotopic (exact) mass is 605 g/mol. The Bertz CT molecular complexity index is 2190. The van der Waals surface area contributed by atoms with Gasteiger partial charge in [-0.15, -0.1) is 0 Å². The summed E-state index contributed by atoms with van der Waals surface area (Å²) < 4.78 is 0. The van der Waals surface area contributed by atoms with Gasteiger partial charge in [-0.3, -0.25) is 0 Å². The van der Waals surface area contributed by atoms with E-state index in [2.05, 4.69) is 158 Å². The average Bonchev–Trinajstić information content (AvgIpc) is 3.86. The number of fused-ring (bicyclic) bond motifs is 11. The first-order valence-electron chi connectivity index (χ1n) is 17.5. The lowest BCUT2D eigenvalue weighted by atomic mass is 9.67. The van der Waals surface area contributed by atoms with Crippen molar-refractivity contribution in [2.45, 2.75) is 50.4 Å². The molecule has 0 aromatic heterocycles. The van der Waals surface area contributed by atoms with Gasteiger partial charge >= 0.3 is 0 Å². The molecule has 4 aliphatic rings. The first-order valence-corrected chi connectivity index (χ1v) is 17.5. The Morgan fingerprint density at radius 1 is 0.511 bits per heavy atom. The van der Waals surface area contributed by atoms with Crippen molar-refractivity contribution in [3.05, 3.63) is 162 Å². The van der Waals surface area contributed by atoms with Crippen LogP contribution >= 0.6 is 0 Å². The van der Waals surface area contributed by atoms with E-state index in [1.165, 1.54) is 87.3 Å². The molecule has 1 heteroatoms. The Balaban J connectivity index is 1.09. The van der Waals surface area contributed by atoms with Crippen molar-refractivity contribution in [3.63, 3.8) is 0 Å². The summed E-state index contributed by atoms with van der Waals surface area (Å²) in [6.07, 6.45) is 5.44. The second kappa shape index (κ2) is 9.81. The van der Waals surface area contributed by atoms with E-state index in [0.717, 1.165) is 11.8 Å². The molecule has 2 fully saturated rings. The maximum Gasteiger partial charge on any atom is 0.0465 e. The molecule has 0 heterocycles. The van der Waals surface area contributed by atoms with E-state index < -0.39 is 0 Å². The van der Waals surface area contributed by atoms with Crippen molar-refractivity contribution in [2.75, 3.05) is 4.90 Å². The van der Waals surface area contributed by atoms with Crippen LogP contribution in [0.1, 0.15) is 61.8 Å². The molecule has 2 saturated carbocycles. The van der Waals surface area contributed by atoms with Gasteiger partial charge in [0.15, 0.2) is 0 Å². The van der Waals surface area contributed by atoms with Crippen LogP contribution in [0.4, 0.5) is 17.1 Å². The Morgan fingerprint density at radius 3 is 1.87 bits per heavy atom. The van der Waals surface area contributed by atoms with Crippen LogP contribution in [0.5, 0.6) is 0 Å². The molecular weight excluding hydrogens is 567 g/mol. The Hall–Kier alpha value is -4.88. The maximum absolute atomic E-state index is 2.56. The zero-order chi connectivity index (χ0) is 31.3. The predicted octanol–water partition coefficient (Wildman–Crippen LogP) is 12.2.